The van der Waals surface area contributed by atoms with Gasteiger partial charge in [-0.1, -0.05) is 11.8 Å². The van der Waals surface area contributed by atoms with Crippen molar-refractivity contribution in [1.82, 2.24) is 15.0 Å². The number of fused-ring (bicyclic) bond motifs is 2. The van der Waals surface area contributed by atoms with E-state index >= 15 is 4.39 Å². The molecular weight excluding hydrogens is 503 g/mol. The molecule has 1 aliphatic carbocycles. The van der Waals surface area contributed by atoms with E-state index in [0.29, 0.717) is 11.0 Å². The number of nitrogens with one attached hydrogen (secondary N) is 1. The summed E-state index contributed by atoms with van der Waals surface area (Å²) in [6, 6.07) is 3.84. The highest BCUT2D eigenvalue weighted by atomic mass is 32.2. The Kier molecular flexibility index (Phi) is 6.13. The Bertz CT molecular complexity index is 1360. The number of aliphatic imine (C=N–C) groups is 1. The lowest BCUT2D eigenvalue weighted by molar-refractivity contribution is 0.123. The SMILES string of the molecule is C[C@]1(c2cc(Nc3nccc4nc(OCCCF)cnc34)cc(F)c2F)N=C(N)S[C@@]2(C(F)F)C[C@@H]12. The molecular formula is C23H21F5N6OS. The Labute approximate surface area is 206 Å². The number of nitrogens with two attached hydrogens (primary N) is 1. The monoisotopic (exact) mass is 524 g/mol. The molecule has 0 amide bonds. The molecule has 3 heterocycles. The number of alkyl halides is 3. The van der Waals surface area contributed by atoms with Crippen LogP contribution in [-0.2, 0) is 5.54 Å². The molecule has 5 rings (SSSR count). The minimum absolute atomic E-state index is 0.0744. The van der Waals surface area contributed by atoms with Crippen LogP contribution < -0.4 is 15.8 Å². The first-order valence-electron chi connectivity index (χ1n) is 11.1. The second-order valence-electron chi connectivity index (χ2n) is 8.78. The standard InChI is InChI=1S/C23H21F5N6OS/c1-22(15-9-23(15,20(27)28)36-21(29)34-22)12-7-11(8-13(25)17(12)26)32-19-18-14(3-5-30-19)33-16(10-31-18)35-6-2-4-24/h3,5,7-8,10,15,20H,2,4,6,9H2,1H3,(H2,29,34)(H,30,32)/t15-,22+,23-/m0/s1. The molecule has 0 spiro atoms. The number of pyridine rings is 1. The lowest BCUT2D eigenvalue weighted by atomic mass is 9.85. The fraction of sp³-hybridized carbons (Fsp3) is 0.391. The van der Waals surface area contributed by atoms with Gasteiger partial charge in [-0.15, -0.1) is 0 Å². The first kappa shape index (κ1) is 24.5. The second-order valence-corrected chi connectivity index (χ2v) is 10.2. The molecule has 0 radical (unpaired) electrons. The van der Waals surface area contributed by atoms with Gasteiger partial charge in [0.25, 0.3) is 6.43 Å². The molecule has 3 N–H and O–H groups in total. The van der Waals surface area contributed by atoms with E-state index < -0.39 is 40.9 Å². The molecule has 3 atom stereocenters. The van der Waals surface area contributed by atoms with Crippen LogP contribution in [0.1, 0.15) is 25.3 Å². The maximum atomic E-state index is 15.0. The number of halogens is 5. The third-order valence-electron chi connectivity index (χ3n) is 6.44. The molecule has 36 heavy (non-hydrogen) atoms. The molecule has 2 aliphatic rings. The van der Waals surface area contributed by atoms with Crippen molar-refractivity contribution in [3.05, 3.63) is 47.8 Å². The number of anilines is 2. The van der Waals surface area contributed by atoms with Gasteiger partial charge in [-0.25, -0.2) is 32.5 Å². The number of amidine groups is 1. The van der Waals surface area contributed by atoms with Crippen LogP contribution in [0.25, 0.3) is 11.0 Å². The summed E-state index contributed by atoms with van der Waals surface area (Å²) < 4.78 is 73.6. The van der Waals surface area contributed by atoms with Crippen molar-refractivity contribution in [1.29, 1.82) is 0 Å². The molecule has 2 aromatic heterocycles. The normalized spacial score (nSPS) is 25.0. The lowest BCUT2D eigenvalue weighted by Crippen LogP contribution is -2.39. The van der Waals surface area contributed by atoms with E-state index in [1.807, 2.05) is 0 Å². The average molecular weight is 525 g/mol. The summed E-state index contributed by atoms with van der Waals surface area (Å²) in [5, 5.41) is 2.81. The maximum Gasteiger partial charge on any atom is 0.253 e. The van der Waals surface area contributed by atoms with Crippen molar-refractivity contribution >= 4 is 39.5 Å². The molecule has 0 unspecified atom stereocenters. The van der Waals surface area contributed by atoms with Gasteiger partial charge in [-0.3, -0.25) is 9.38 Å². The van der Waals surface area contributed by atoms with E-state index in [9.17, 15) is 17.6 Å². The fourth-order valence-corrected chi connectivity index (χ4v) is 5.93. The summed E-state index contributed by atoms with van der Waals surface area (Å²) in [5.41, 5.74) is 5.02. The van der Waals surface area contributed by atoms with Crippen LogP contribution >= 0.6 is 11.8 Å². The van der Waals surface area contributed by atoms with Crippen LogP contribution in [0.15, 0.2) is 35.6 Å². The van der Waals surface area contributed by atoms with Gasteiger partial charge in [0, 0.05) is 35.9 Å². The summed E-state index contributed by atoms with van der Waals surface area (Å²) in [7, 11) is 0. The molecule has 13 heteroatoms. The summed E-state index contributed by atoms with van der Waals surface area (Å²) in [5.74, 6) is -2.67. The van der Waals surface area contributed by atoms with Gasteiger partial charge in [-0.2, -0.15) is 0 Å². The van der Waals surface area contributed by atoms with E-state index in [2.05, 4.69) is 25.3 Å². The molecule has 3 aromatic rings. The Morgan fingerprint density at radius 1 is 1.28 bits per heavy atom. The summed E-state index contributed by atoms with van der Waals surface area (Å²) in [6.07, 6.45) is 0.384. The number of ether oxygens (including phenoxy) is 1. The van der Waals surface area contributed by atoms with E-state index in [0.717, 1.165) is 17.8 Å². The van der Waals surface area contributed by atoms with Crippen molar-refractivity contribution < 1.29 is 26.7 Å². The van der Waals surface area contributed by atoms with Crippen LogP contribution in [0.4, 0.5) is 33.5 Å². The molecule has 0 saturated heterocycles. The highest BCUT2D eigenvalue weighted by Crippen LogP contribution is 2.68. The first-order valence-corrected chi connectivity index (χ1v) is 11.9. The van der Waals surface area contributed by atoms with Crippen LogP contribution in [0.5, 0.6) is 5.88 Å². The van der Waals surface area contributed by atoms with Crippen molar-refractivity contribution in [3.63, 3.8) is 0 Å². The second kappa shape index (κ2) is 9.02. The van der Waals surface area contributed by atoms with Crippen molar-refractivity contribution in [2.45, 2.75) is 36.5 Å². The number of hydrogen-bond acceptors (Lipinski definition) is 8. The van der Waals surface area contributed by atoms with Gasteiger partial charge in [0.05, 0.1) is 35.3 Å². The molecule has 190 valence electrons. The number of rotatable bonds is 8. The predicted octanol–water partition coefficient (Wildman–Crippen LogP) is 5.09. The lowest BCUT2D eigenvalue weighted by Gasteiger charge is -2.34. The quantitative estimate of drug-likeness (QED) is 0.313. The Balaban J connectivity index is 1.49. The van der Waals surface area contributed by atoms with Crippen molar-refractivity contribution in [3.8, 4) is 5.88 Å². The van der Waals surface area contributed by atoms with Crippen LogP contribution in [-0.4, -0.2) is 44.6 Å². The summed E-state index contributed by atoms with van der Waals surface area (Å²) >= 11 is 0.785. The number of hydrogen-bond donors (Lipinski definition) is 2. The zero-order chi connectivity index (χ0) is 25.7. The van der Waals surface area contributed by atoms with Gasteiger partial charge < -0.3 is 15.8 Å². The van der Waals surface area contributed by atoms with Gasteiger partial charge >= 0.3 is 0 Å². The third-order valence-corrected chi connectivity index (χ3v) is 7.75. The minimum atomic E-state index is -2.70. The Morgan fingerprint density at radius 2 is 2.08 bits per heavy atom. The highest BCUT2D eigenvalue weighted by Gasteiger charge is 2.71. The van der Waals surface area contributed by atoms with E-state index in [4.69, 9.17) is 10.5 Å². The smallest absolute Gasteiger partial charge is 0.253 e. The topological polar surface area (TPSA) is 98.3 Å². The third kappa shape index (κ3) is 4.08. The maximum absolute atomic E-state index is 15.0. The van der Waals surface area contributed by atoms with E-state index in [1.54, 1.807) is 6.07 Å². The largest absolute Gasteiger partial charge is 0.476 e. The molecule has 0 bridgehead atoms. The number of aromatic nitrogens is 3. The highest BCUT2D eigenvalue weighted by molar-refractivity contribution is 8.15. The van der Waals surface area contributed by atoms with Crippen molar-refractivity contribution in [2.75, 3.05) is 18.6 Å². The van der Waals surface area contributed by atoms with Crippen LogP contribution in [0.2, 0.25) is 0 Å². The first-order chi connectivity index (χ1) is 17.2. The number of thioether (sulfide) groups is 1. The average Bonchev–Trinajstić information content (AvgIpc) is 3.58. The minimum Gasteiger partial charge on any atom is -0.476 e. The van der Waals surface area contributed by atoms with E-state index in [1.165, 1.54) is 25.4 Å². The zero-order valence-electron chi connectivity index (χ0n) is 18.9. The van der Waals surface area contributed by atoms with Crippen LogP contribution in [0, 0.1) is 17.6 Å². The van der Waals surface area contributed by atoms with Crippen LogP contribution in [0.3, 0.4) is 0 Å². The van der Waals surface area contributed by atoms with E-state index in [-0.39, 0.29) is 47.6 Å². The Morgan fingerprint density at radius 3 is 2.83 bits per heavy atom. The predicted molar refractivity (Wildman–Crippen MR) is 126 cm³/mol. The van der Waals surface area contributed by atoms with Gasteiger partial charge in [0.2, 0.25) is 5.88 Å². The number of benzene rings is 1. The van der Waals surface area contributed by atoms with Gasteiger partial charge in [0.1, 0.15) is 5.52 Å². The molecule has 7 nitrogen and oxygen atoms in total. The summed E-state index contributed by atoms with van der Waals surface area (Å²) in [6.45, 7) is 1.11. The zero-order valence-corrected chi connectivity index (χ0v) is 19.8. The Hall–Kier alpha value is -3.22. The molecule has 1 fully saturated rings. The fourth-order valence-electron chi connectivity index (χ4n) is 4.59. The summed E-state index contributed by atoms with van der Waals surface area (Å²) in [4.78, 5) is 17.1. The van der Waals surface area contributed by atoms with Crippen molar-refractivity contribution in [2.24, 2.45) is 16.6 Å². The van der Waals surface area contributed by atoms with Gasteiger partial charge in [0.15, 0.2) is 22.6 Å². The molecule has 1 saturated carbocycles. The van der Waals surface area contributed by atoms with Gasteiger partial charge in [-0.05, 0) is 25.5 Å². The number of nitrogens with zero attached hydrogens (tertiary/aromatic N) is 4. The molecule has 1 aliphatic heterocycles. The molecule has 1 aromatic carbocycles.